The second-order valence-corrected chi connectivity index (χ2v) is 14.4. The lowest BCUT2D eigenvalue weighted by molar-refractivity contribution is 1.10. The SMILES string of the molecule is Ic1c(-n2c3ccccc3c3c4ccccc4c4c5ccccc5sc4c32)nc2c(sc3ccccc32)c1-c1ccccc1. The molecule has 4 heterocycles. The zero-order valence-electron chi connectivity index (χ0n) is 23.2. The van der Waals surface area contributed by atoms with Gasteiger partial charge in [0, 0.05) is 41.9 Å². The van der Waals surface area contributed by atoms with E-state index in [1.807, 2.05) is 22.7 Å². The van der Waals surface area contributed by atoms with Crippen LogP contribution in [-0.2, 0) is 0 Å². The van der Waals surface area contributed by atoms with Crippen LogP contribution in [0.3, 0.4) is 0 Å². The molecule has 0 saturated heterocycles. The third kappa shape index (κ3) is 3.32. The van der Waals surface area contributed by atoms with Crippen LogP contribution in [0.2, 0.25) is 0 Å². The first-order chi connectivity index (χ1) is 21.8. The van der Waals surface area contributed by atoms with E-state index in [9.17, 15) is 0 Å². The molecule has 6 aromatic carbocycles. The second kappa shape index (κ2) is 9.35. The molecule has 5 heteroatoms. The quantitative estimate of drug-likeness (QED) is 0.164. The van der Waals surface area contributed by atoms with E-state index in [1.54, 1.807) is 0 Å². The van der Waals surface area contributed by atoms with Crippen molar-refractivity contribution in [3.63, 3.8) is 0 Å². The number of hydrogen-bond acceptors (Lipinski definition) is 3. The summed E-state index contributed by atoms with van der Waals surface area (Å²) in [6.07, 6.45) is 0. The highest BCUT2D eigenvalue weighted by Gasteiger charge is 2.26. The standard InChI is InChI=1S/C39H21IN2S2/c40-34-31(22-12-2-1-3-13-22)37-35(27-18-8-11-21-30(27)43-37)41-39(34)42-28-19-9-6-16-25(28)32-23-14-4-5-15-24(23)33-26-17-7-10-20-29(26)44-38(33)36(32)42/h1-21H. The third-order valence-electron chi connectivity index (χ3n) is 8.86. The lowest BCUT2D eigenvalue weighted by Crippen LogP contribution is -2.03. The number of pyridine rings is 1. The minimum atomic E-state index is 0.987. The molecule has 10 aromatic rings. The number of fused-ring (bicyclic) bond motifs is 13. The van der Waals surface area contributed by atoms with E-state index < -0.39 is 0 Å². The van der Waals surface area contributed by atoms with Gasteiger partial charge in [0.25, 0.3) is 0 Å². The lowest BCUT2D eigenvalue weighted by Gasteiger charge is -2.15. The van der Waals surface area contributed by atoms with Gasteiger partial charge in [-0.3, -0.25) is 4.57 Å². The Hall–Kier alpha value is -4.30. The average molecular weight is 709 g/mol. The van der Waals surface area contributed by atoms with Gasteiger partial charge in [-0.05, 0) is 57.1 Å². The topological polar surface area (TPSA) is 17.8 Å². The van der Waals surface area contributed by atoms with E-state index in [0.29, 0.717) is 0 Å². The fourth-order valence-electron chi connectivity index (χ4n) is 7.04. The lowest BCUT2D eigenvalue weighted by atomic mass is 9.99. The minimum absolute atomic E-state index is 0.987. The molecule has 0 atom stereocenters. The number of thiophene rings is 2. The normalized spacial score (nSPS) is 12.2. The van der Waals surface area contributed by atoms with Crippen molar-refractivity contribution >= 4 is 118 Å². The fourth-order valence-corrected chi connectivity index (χ4v) is 10.6. The maximum absolute atomic E-state index is 5.60. The summed E-state index contributed by atoms with van der Waals surface area (Å²) in [4.78, 5) is 5.60. The van der Waals surface area contributed by atoms with Gasteiger partial charge in [0.05, 0.1) is 29.5 Å². The molecule has 0 spiro atoms. The molecule has 0 aliphatic carbocycles. The van der Waals surface area contributed by atoms with Crippen LogP contribution < -0.4 is 0 Å². The third-order valence-corrected chi connectivity index (χ3v) is 12.2. The monoisotopic (exact) mass is 708 g/mol. The molecule has 44 heavy (non-hydrogen) atoms. The first-order valence-corrected chi connectivity index (χ1v) is 17.3. The maximum atomic E-state index is 5.60. The van der Waals surface area contributed by atoms with Crippen molar-refractivity contribution in [3.05, 3.63) is 131 Å². The van der Waals surface area contributed by atoms with Crippen molar-refractivity contribution in [1.29, 1.82) is 0 Å². The Morgan fingerprint density at radius 2 is 1.09 bits per heavy atom. The van der Waals surface area contributed by atoms with Crippen molar-refractivity contribution in [2.75, 3.05) is 0 Å². The number of para-hydroxylation sites is 1. The summed E-state index contributed by atoms with van der Waals surface area (Å²) in [5, 5.41) is 9.00. The van der Waals surface area contributed by atoms with Gasteiger partial charge >= 0.3 is 0 Å². The van der Waals surface area contributed by atoms with Gasteiger partial charge in [0.2, 0.25) is 0 Å². The molecule has 0 unspecified atom stereocenters. The van der Waals surface area contributed by atoms with E-state index in [1.165, 1.54) is 78.7 Å². The molecule has 0 aliphatic heterocycles. The van der Waals surface area contributed by atoms with Crippen molar-refractivity contribution in [1.82, 2.24) is 9.55 Å². The predicted octanol–water partition coefficient (Wildman–Crippen LogP) is 12.3. The Labute approximate surface area is 273 Å². The van der Waals surface area contributed by atoms with Crippen LogP contribution in [0, 0.1) is 3.57 Å². The van der Waals surface area contributed by atoms with E-state index in [4.69, 9.17) is 4.98 Å². The molecule has 206 valence electrons. The molecule has 0 aliphatic rings. The molecule has 0 N–H and O–H groups in total. The zero-order valence-corrected chi connectivity index (χ0v) is 27.0. The van der Waals surface area contributed by atoms with Crippen LogP contribution in [0.1, 0.15) is 0 Å². The number of hydrogen-bond donors (Lipinski definition) is 0. The zero-order chi connectivity index (χ0) is 28.9. The van der Waals surface area contributed by atoms with Crippen LogP contribution in [0.25, 0.3) is 90.0 Å². The summed E-state index contributed by atoms with van der Waals surface area (Å²) in [7, 11) is 0. The van der Waals surface area contributed by atoms with Crippen molar-refractivity contribution < 1.29 is 0 Å². The van der Waals surface area contributed by atoms with E-state index in [2.05, 4.69) is 155 Å². The molecule has 2 nitrogen and oxygen atoms in total. The molecule has 0 bridgehead atoms. The molecular weight excluding hydrogens is 687 g/mol. The van der Waals surface area contributed by atoms with Crippen LogP contribution >= 0.6 is 45.3 Å². The maximum Gasteiger partial charge on any atom is 0.152 e. The first-order valence-electron chi connectivity index (χ1n) is 14.6. The van der Waals surface area contributed by atoms with E-state index in [0.717, 1.165) is 14.9 Å². The van der Waals surface area contributed by atoms with Crippen molar-refractivity contribution in [2.24, 2.45) is 0 Å². The largest absolute Gasteiger partial charge is 0.291 e. The van der Waals surface area contributed by atoms with Crippen LogP contribution in [0.5, 0.6) is 0 Å². The molecule has 10 rings (SSSR count). The van der Waals surface area contributed by atoms with Crippen molar-refractivity contribution in [2.45, 2.75) is 0 Å². The number of rotatable bonds is 2. The Morgan fingerprint density at radius 1 is 0.523 bits per heavy atom. The Balaban J connectivity index is 1.49. The van der Waals surface area contributed by atoms with Gasteiger partial charge in [-0.1, -0.05) is 109 Å². The summed E-state index contributed by atoms with van der Waals surface area (Å²) < 4.78 is 8.76. The van der Waals surface area contributed by atoms with Gasteiger partial charge in [-0.2, -0.15) is 0 Å². The Morgan fingerprint density at radius 3 is 1.86 bits per heavy atom. The number of benzene rings is 6. The summed E-state index contributed by atoms with van der Waals surface area (Å²) in [6, 6.07) is 46.2. The number of aromatic nitrogens is 2. The van der Waals surface area contributed by atoms with E-state index in [-0.39, 0.29) is 0 Å². The van der Waals surface area contributed by atoms with E-state index >= 15 is 0 Å². The highest BCUT2D eigenvalue weighted by atomic mass is 127. The molecule has 0 amide bonds. The highest BCUT2D eigenvalue weighted by molar-refractivity contribution is 14.1. The summed E-state index contributed by atoms with van der Waals surface area (Å²) in [5.41, 5.74) is 5.96. The van der Waals surface area contributed by atoms with Gasteiger partial charge in [0.1, 0.15) is 0 Å². The summed E-state index contributed by atoms with van der Waals surface area (Å²) in [5.74, 6) is 0.987. The van der Waals surface area contributed by atoms with Crippen molar-refractivity contribution in [3.8, 4) is 16.9 Å². The molecule has 0 saturated carbocycles. The highest BCUT2D eigenvalue weighted by Crippen LogP contribution is 2.49. The number of nitrogens with zero attached hydrogens (tertiary/aromatic N) is 2. The van der Waals surface area contributed by atoms with Gasteiger partial charge in [-0.25, -0.2) is 4.98 Å². The Bertz CT molecular complexity index is 2790. The minimum Gasteiger partial charge on any atom is -0.291 e. The molecule has 4 aromatic heterocycles. The smallest absolute Gasteiger partial charge is 0.152 e. The van der Waals surface area contributed by atoms with Gasteiger partial charge in [-0.15, -0.1) is 22.7 Å². The summed E-state index contributed by atoms with van der Waals surface area (Å²) >= 11 is 6.31. The fraction of sp³-hybridized carbons (Fsp3) is 0. The molecular formula is C39H21IN2S2. The number of halogens is 1. The van der Waals surface area contributed by atoms with Gasteiger partial charge < -0.3 is 0 Å². The van der Waals surface area contributed by atoms with Crippen LogP contribution in [0.4, 0.5) is 0 Å². The Kier molecular flexibility index (Phi) is 5.33. The predicted molar refractivity (Wildman–Crippen MR) is 200 cm³/mol. The first kappa shape index (κ1) is 25.1. The van der Waals surface area contributed by atoms with Crippen LogP contribution in [-0.4, -0.2) is 9.55 Å². The van der Waals surface area contributed by atoms with Gasteiger partial charge in [0.15, 0.2) is 5.82 Å². The molecule has 0 fully saturated rings. The molecule has 0 radical (unpaired) electrons. The summed E-state index contributed by atoms with van der Waals surface area (Å²) in [6.45, 7) is 0. The van der Waals surface area contributed by atoms with Crippen LogP contribution in [0.15, 0.2) is 127 Å². The average Bonchev–Trinajstić information content (AvgIpc) is 3.75. The second-order valence-electron chi connectivity index (χ2n) is 11.2.